The van der Waals surface area contributed by atoms with Gasteiger partial charge >= 0.3 is 0 Å². The number of anilines is 1. The smallest absolute Gasteiger partial charge is 0.252 e. The third-order valence-electron chi connectivity index (χ3n) is 6.14. The zero-order chi connectivity index (χ0) is 23.0. The number of piperidine rings is 1. The molecule has 4 rings (SSSR count). The Hall–Kier alpha value is -1.79. The van der Waals surface area contributed by atoms with Crippen molar-refractivity contribution in [1.82, 2.24) is 9.21 Å². The van der Waals surface area contributed by atoms with Crippen LogP contribution in [-0.2, 0) is 27.8 Å². The normalized spacial score (nSPS) is 20.3. The van der Waals surface area contributed by atoms with Crippen LogP contribution < -0.4 is 11.1 Å². The fourth-order valence-corrected chi connectivity index (χ4v) is 8.29. The minimum atomic E-state index is -3.60. The fraction of sp³-hybridized carbons (Fsp3) is 0.524. The van der Waals surface area contributed by atoms with Crippen LogP contribution in [0.1, 0.15) is 47.5 Å². The largest absolute Gasteiger partial charge is 0.365 e. The van der Waals surface area contributed by atoms with Gasteiger partial charge in [-0.3, -0.25) is 14.5 Å². The Morgan fingerprint density at radius 3 is 2.72 bits per heavy atom. The summed E-state index contributed by atoms with van der Waals surface area (Å²) in [5.41, 5.74) is 7.02. The summed E-state index contributed by atoms with van der Waals surface area (Å²) in [6.45, 7) is 6.36. The van der Waals surface area contributed by atoms with Crippen molar-refractivity contribution < 1.29 is 18.0 Å². The van der Waals surface area contributed by atoms with E-state index in [9.17, 15) is 18.0 Å². The number of rotatable bonds is 6. The molecule has 11 heteroatoms. The first-order valence-electron chi connectivity index (χ1n) is 10.7. The molecule has 8 nitrogen and oxygen atoms in total. The van der Waals surface area contributed by atoms with Crippen molar-refractivity contribution in [3.05, 3.63) is 33.5 Å². The number of sulfonamides is 1. The second-order valence-corrected chi connectivity index (χ2v) is 12.7. The molecular weight excluding hydrogens is 468 g/mol. The number of carbonyl (C=O) groups excluding carboxylic acids is 2. The number of primary amides is 1. The maximum atomic E-state index is 13.1. The Balaban J connectivity index is 1.52. The van der Waals surface area contributed by atoms with E-state index in [4.69, 9.17) is 5.73 Å². The molecule has 2 aromatic heterocycles. The molecule has 0 aromatic carbocycles. The van der Waals surface area contributed by atoms with Crippen molar-refractivity contribution in [2.75, 3.05) is 25.0 Å². The van der Waals surface area contributed by atoms with E-state index in [-0.39, 0.29) is 16.7 Å². The van der Waals surface area contributed by atoms with Gasteiger partial charge in [0.1, 0.15) is 9.21 Å². The lowest BCUT2D eigenvalue weighted by Crippen LogP contribution is -2.43. The summed E-state index contributed by atoms with van der Waals surface area (Å²) < 4.78 is 27.4. The highest BCUT2D eigenvalue weighted by molar-refractivity contribution is 7.91. The first-order valence-corrected chi connectivity index (χ1v) is 13.8. The van der Waals surface area contributed by atoms with E-state index in [0.29, 0.717) is 42.4 Å². The Morgan fingerprint density at radius 1 is 1.28 bits per heavy atom. The zero-order valence-corrected chi connectivity index (χ0v) is 20.6. The molecule has 1 fully saturated rings. The molecular formula is C21H28N4O4S3. The Labute approximate surface area is 196 Å². The summed E-state index contributed by atoms with van der Waals surface area (Å²) in [4.78, 5) is 28.7. The van der Waals surface area contributed by atoms with Gasteiger partial charge in [0.15, 0.2) is 0 Å². The highest BCUT2D eigenvalue weighted by atomic mass is 32.2. The van der Waals surface area contributed by atoms with Crippen molar-refractivity contribution in [3.8, 4) is 0 Å². The number of amides is 2. The van der Waals surface area contributed by atoms with Gasteiger partial charge in [0.25, 0.3) is 15.9 Å². The van der Waals surface area contributed by atoms with Gasteiger partial charge in [0.05, 0.1) is 11.5 Å². The summed E-state index contributed by atoms with van der Waals surface area (Å²) in [6.07, 6.45) is 1.92. The predicted molar refractivity (Wildman–Crippen MR) is 127 cm³/mol. The molecule has 2 aliphatic rings. The van der Waals surface area contributed by atoms with Crippen LogP contribution in [0.15, 0.2) is 21.7 Å². The van der Waals surface area contributed by atoms with Crippen LogP contribution in [0, 0.1) is 5.92 Å². The fourth-order valence-electron chi connectivity index (χ4n) is 4.34. The second kappa shape index (κ2) is 9.22. The van der Waals surface area contributed by atoms with E-state index in [2.05, 4.69) is 24.1 Å². The number of nitrogens with one attached hydrogen (secondary N) is 1. The zero-order valence-electron chi connectivity index (χ0n) is 18.2. The third-order valence-corrected chi connectivity index (χ3v) is 10.5. The SMILES string of the molecule is CC(C)N1CCc2c(sc(NC(=O)C3CCCN(S(=O)(=O)c4cccs4)C3)c2C(N)=O)C1. The van der Waals surface area contributed by atoms with E-state index >= 15 is 0 Å². The lowest BCUT2D eigenvalue weighted by Gasteiger charge is -2.30. The maximum Gasteiger partial charge on any atom is 0.252 e. The van der Waals surface area contributed by atoms with Gasteiger partial charge < -0.3 is 11.1 Å². The number of nitrogens with zero attached hydrogens (tertiary/aromatic N) is 2. The third kappa shape index (κ3) is 4.49. The number of carbonyl (C=O) groups is 2. The topological polar surface area (TPSA) is 113 Å². The van der Waals surface area contributed by atoms with Crippen LogP contribution in [0.2, 0.25) is 0 Å². The van der Waals surface area contributed by atoms with E-state index in [1.54, 1.807) is 17.5 Å². The summed E-state index contributed by atoms with van der Waals surface area (Å²) in [6, 6.07) is 3.67. The molecule has 3 N–H and O–H groups in total. The van der Waals surface area contributed by atoms with Crippen molar-refractivity contribution >= 4 is 49.5 Å². The predicted octanol–water partition coefficient (Wildman–Crippen LogP) is 2.71. The van der Waals surface area contributed by atoms with Crippen molar-refractivity contribution in [2.24, 2.45) is 11.7 Å². The van der Waals surface area contributed by atoms with Gasteiger partial charge in [0, 0.05) is 37.1 Å². The van der Waals surface area contributed by atoms with E-state index in [0.717, 1.165) is 23.5 Å². The van der Waals surface area contributed by atoms with Crippen LogP contribution in [0.4, 0.5) is 5.00 Å². The Kier molecular flexibility index (Phi) is 6.73. The molecule has 0 bridgehead atoms. The molecule has 0 saturated carbocycles. The minimum absolute atomic E-state index is 0.129. The van der Waals surface area contributed by atoms with Gasteiger partial charge in [-0.25, -0.2) is 8.42 Å². The molecule has 32 heavy (non-hydrogen) atoms. The molecule has 0 spiro atoms. The molecule has 2 amide bonds. The van der Waals surface area contributed by atoms with E-state index < -0.39 is 21.8 Å². The molecule has 1 saturated heterocycles. The van der Waals surface area contributed by atoms with Gasteiger partial charge in [-0.2, -0.15) is 4.31 Å². The molecule has 1 unspecified atom stereocenters. The number of nitrogens with two attached hydrogens (primary N) is 1. The second-order valence-electron chi connectivity index (χ2n) is 8.51. The summed E-state index contributed by atoms with van der Waals surface area (Å²) in [5.74, 6) is -1.29. The average molecular weight is 497 g/mol. The minimum Gasteiger partial charge on any atom is -0.365 e. The van der Waals surface area contributed by atoms with E-state index in [1.807, 2.05) is 0 Å². The number of hydrogen-bond donors (Lipinski definition) is 2. The van der Waals surface area contributed by atoms with Gasteiger partial charge in [-0.05, 0) is 50.1 Å². The maximum absolute atomic E-state index is 13.1. The molecule has 1 atom stereocenters. The average Bonchev–Trinajstić information content (AvgIpc) is 3.41. The molecule has 2 aromatic rings. The Morgan fingerprint density at radius 2 is 2.06 bits per heavy atom. The van der Waals surface area contributed by atoms with Gasteiger partial charge in [0.2, 0.25) is 5.91 Å². The monoisotopic (exact) mass is 496 g/mol. The molecule has 2 aliphatic heterocycles. The number of thiophene rings is 2. The molecule has 0 aliphatic carbocycles. The van der Waals surface area contributed by atoms with Crippen LogP contribution in [-0.4, -0.2) is 55.1 Å². The molecule has 174 valence electrons. The van der Waals surface area contributed by atoms with Crippen LogP contribution in [0.3, 0.4) is 0 Å². The lowest BCUT2D eigenvalue weighted by atomic mass is 9.98. The first-order chi connectivity index (χ1) is 15.2. The van der Waals surface area contributed by atoms with Crippen LogP contribution >= 0.6 is 22.7 Å². The standard InChI is InChI=1S/C21H28N4O4S3/c1-13(2)24-9-7-15-16(12-24)31-21(18(15)19(22)26)23-20(27)14-5-3-8-25(11-14)32(28,29)17-6-4-10-30-17/h4,6,10,13-14H,3,5,7-9,11-12H2,1-2H3,(H2,22,26)(H,23,27). The summed E-state index contributed by atoms with van der Waals surface area (Å²) >= 11 is 2.58. The number of fused-ring (bicyclic) bond motifs is 1. The van der Waals surface area contributed by atoms with Crippen molar-refractivity contribution in [1.29, 1.82) is 0 Å². The first kappa shape index (κ1) is 23.4. The summed E-state index contributed by atoms with van der Waals surface area (Å²) in [5, 5.41) is 5.12. The van der Waals surface area contributed by atoms with Crippen molar-refractivity contribution in [3.63, 3.8) is 0 Å². The highest BCUT2D eigenvalue weighted by Crippen LogP contribution is 2.38. The van der Waals surface area contributed by atoms with Gasteiger partial charge in [-0.1, -0.05) is 6.07 Å². The summed E-state index contributed by atoms with van der Waals surface area (Å²) in [7, 11) is -3.60. The highest BCUT2D eigenvalue weighted by Gasteiger charge is 2.35. The Bertz CT molecular complexity index is 1110. The number of hydrogen-bond acceptors (Lipinski definition) is 7. The van der Waals surface area contributed by atoms with Crippen LogP contribution in [0.25, 0.3) is 0 Å². The lowest BCUT2D eigenvalue weighted by molar-refractivity contribution is -0.120. The van der Waals surface area contributed by atoms with E-state index in [1.165, 1.54) is 27.0 Å². The molecule has 4 heterocycles. The molecule has 0 radical (unpaired) electrons. The van der Waals surface area contributed by atoms with Crippen molar-refractivity contribution in [2.45, 2.75) is 49.9 Å². The van der Waals surface area contributed by atoms with Crippen LogP contribution in [0.5, 0.6) is 0 Å². The quantitative estimate of drug-likeness (QED) is 0.639. The van der Waals surface area contributed by atoms with Gasteiger partial charge in [-0.15, -0.1) is 22.7 Å².